The van der Waals surface area contributed by atoms with Crippen LogP contribution in [0.4, 0.5) is 0 Å². The zero-order valence-electron chi connectivity index (χ0n) is 11.8. The Labute approximate surface area is 133 Å². The number of sulfonamides is 1. The van der Waals surface area contributed by atoms with Gasteiger partial charge >= 0.3 is 0 Å². The van der Waals surface area contributed by atoms with Crippen LogP contribution in [-0.4, -0.2) is 34.1 Å². The Hall–Kier alpha value is -0.960. The lowest BCUT2D eigenvalue weighted by Gasteiger charge is -2.09. The number of carbonyl (C=O) groups excluding carboxylic acids is 1. The summed E-state index contributed by atoms with van der Waals surface area (Å²) >= 11 is 3.21. The Morgan fingerprint density at radius 1 is 1.38 bits per heavy atom. The molecule has 0 atom stereocenters. The molecule has 8 heteroatoms. The van der Waals surface area contributed by atoms with Gasteiger partial charge in [-0.2, -0.15) is 0 Å². The van der Waals surface area contributed by atoms with E-state index < -0.39 is 10.0 Å². The van der Waals surface area contributed by atoms with E-state index in [2.05, 4.69) is 28.2 Å². The van der Waals surface area contributed by atoms with Gasteiger partial charge in [-0.3, -0.25) is 4.79 Å². The standard InChI is InChI=1S/C13H19BrN2O4S/c1-2-3-7-20-8-6-16-13(17)11-9-10(21(15,18)19)4-5-12(11)14/h4-5,9H,2-3,6-8H2,1H3,(H,16,17)(H2,15,18,19). The number of nitrogens with two attached hydrogens (primary N) is 1. The monoisotopic (exact) mass is 378 g/mol. The highest BCUT2D eigenvalue weighted by atomic mass is 79.9. The van der Waals surface area contributed by atoms with Crippen molar-refractivity contribution in [3.8, 4) is 0 Å². The number of halogens is 1. The molecule has 1 aromatic carbocycles. The van der Waals surface area contributed by atoms with E-state index in [4.69, 9.17) is 9.88 Å². The van der Waals surface area contributed by atoms with Crippen molar-refractivity contribution < 1.29 is 17.9 Å². The lowest BCUT2D eigenvalue weighted by Crippen LogP contribution is -2.28. The van der Waals surface area contributed by atoms with Crippen LogP contribution in [-0.2, 0) is 14.8 Å². The van der Waals surface area contributed by atoms with Gasteiger partial charge in [-0.25, -0.2) is 13.6 Å². The largest absolute Gasteiger partial charge is 0.380 e. The zero-order valence-corrected chi connectivity index (χ0v) is 14.2. The molecule has 0 heterocycles. The molecule has 118 valence electrons. The fraction of sp³-hybridized carbons (Fsp3) is 0.462. The Balaban J connectivity index is 2.62. The Kier molecular flexibility index (Phi) is 7.30. The van der Waals surface area contributed by atoms with Crippen molar-refractivity contribution in [2.75, 3.05) is 19.8 Å². The molecule has 21 heavy (non-hydrogen) atoms. The molecule has 0 saturated heterocycles. The smallest absolute Gasteiger partial charge is 0.252 e. The first-order valence-corrected chi connectivity index (χ1v) is 8.88. The maximum absolute atomic E-state index is 12.0. The van der Waals surface area contributed by atoms with Gasteiger partial charge in [0.15, 0.2) is 0 Å². The van der Waals surface area contributed by atoms with Gasteiger partial charge in [0.05, 0.1) is 17.1 Å². The highest BCUT2D eigenvalue weighted by Gasteiger charge is 2.15. The number of rotatable bonds is 8. The summed E-state index contributed by atoms with van der Waals surface area (Å²) in [6, 6.07) is 4.06. The van der Waals surface area contributed by atoms with E-state index >= 15 is 0 Å². The minimum absolute atomic E-state index is 0.102. The molecule has 6 nitrogen and oxygen atoms in total. The predicted octanol–water partition coefficient (Wildman–Crippen LogP) is 1.64. The molecule has 0 unspecified atom stereocenters. The highest BCUT2D eigenvalue weighted by Crippen LogP contribution is 2.20. The average molecular weight is 379 g/mol. The maximum atomic E-state index is 12.0. The van der Waals surface area contributed by atoms with E-state index in [1.54, 1.807) is 0 Å². The van der Waals surface area contributed by atoms with Crippen LogP contribution in [0.2, 0.25) is 0 Å². The van der Waals surface area contributed by atoms with Crippen LogP contribution in [0.15, 0.2) is 27.6 Å². The summed E-state index contributed by atoms with van der Waals surface area (Å²) in [4.78, 5) is 11.9. The van der Waals surface area contributed by atoms with Crippen LogP contribution in [0.3, 0.4) is 0 Å². The van der Waals surface area contributed by atoms with Crippen molar-refractivity contribution in [2.24, 2.45) is 5.14 Å². The maximum Gasteiger partial charge on any atom is 0.252 e. The molecule has 1 rings (SSSR count). The van der Waals surface area contributed by atoms with Crippen LogP contribution in [0.25, 0.3) is 0 Å². The first-order chi connectivity index (χ1) is 9.86. The van der Waals surface area contributed by atoms with Crippen molar-refractivity contribution in [3.05, 3.63) is 28.2 Å². The number of hydrogen-bond acceptors (Lipinski definition) is 4. The summed E-state index contributed by atoms with van der Waals surface area (Å²) in [6.07, 6.45) is 2.04. The highest BCUT2D eigenvalue weighted by molar-refractivity contribution is 9.10. The van der Waals surface area contributed by atoms with Crippen molar-refractivity contribution in [1.29, 1.82) is 0 Å². The fourth-order valence-electron chi connectivity index (χ4n) is 1.54. The van der Waals surface area contributed by atoms with Crippen LogP contribution >= 0.6 is 15.9 Å². The number of nitrogens with one attached hydrogen (secondary N) is 1. The molecule has 1 amide bonds. The zero-order chi connectivity index (χ0) is 15.9. The van der Waals surface area contributed by atoms with E-state index in [0.717, 1.165) is 12.8 Å². The second-order valence-corrected chi connectivity index (χ2v) is 6.82. The minimum atomic E-state index is -3.84. The molecule has 0 saturated carbocycles. The van der Waals surface area contributed by atoms with Crippen LogP contribution in [0.5, 0.6) is 0 Å². The summed E-state index contributed by atoms with van der Waals surface area (Å²) in [5.41, 5.74) is 0.218. The average Bonchev–Trinajstić information content (AvgIpc) is 2.41. The Morgan fingerprint density at radius 3 is 2.71 bits per heavy atom. The second-order valence-electron chi connectivity index (χ2n) is 4.41. The van der Waals surface area contributed by atoms with Crippen LogP contribution in [0, 0.1) is 0 Å². The van der Waals surface area contributed by atoms with Gasteiger partial charge in [-0.1, -0.05) is 13.3 Å². The quantitative estimate of drug-likeness (QED) is 0.671. The SMILES string of the molecule is CCCCOCCNC(=O)c1cc(S(N)(=O)=O)ccc1Br. The van der Waals surface area contributed by atoms with Gasteiger partial charge in [-0.05, 0) is 40.5 Å². The molecule has 0 bridgehead atoms. The van der Waals surface area contributed by atoms with Gasteiger partial charge in [0.25, 0.3) is 5.91 Å². The number of benzene rings is 1. The number of primary sulfonamides is 1. The molecular formula is C13H19BrN2O4S. The number of unbranched alkanes of at least 4 members (excludes halogenated alkanes) is 1. The normalized spacial score (nSPS) is 11.4. The fourth-order valence-corrected chi connectivity index (χ4v) is 2.50. The molecule has 0 radical (unpaired) electrons. The van der Waals surface area contributed by atoms with E-state index in [-0.39, 0.29) is 16.4 Å². The predicted molar refractivity (Wildman–Crippen MR) is 83.6 cm³/mol. The third-order valence-electron chi connectivity index (χ3n) is 2.69. The van der Waals surface area contributed by atoms with Crippen LogP contribution in [0.1, 0.15) is 30.1 Å². The Bertz CT molecular complexity index is 590. The first-order valence-electron chi connectivity index (χ1n) is 6.54. The number of hydrogen-bond donors (Lipinski definition) is 2. The number of carbonyl (C=O) groups is 1. The summed E-state index contributed by atoms with van der Waals surface area (Å²) in [5.74, 6) is -0.383. The lowest BCUT2D eigenvalue weighted by molar-refractivity contribution is 0.0912. The molecule has 1 aromatic rings. The Morgan fingerprint density at radius 2 is 2.10 bits per heavy atom. The molecule has 3 N–H and O–H groups in total. The number of ether oxygens (including phenoxy) is 1. The summed E-state index contributed by atoms with van der Waals surface area (Å²) in [5, 5.41) is 7.72. The van der Waals surface area contributed by atoms with Crippen LogP contribution < -0.4 is 10.5 Å². The van der Waals surface area contributed by atoms with Crippen molar-refractivity contribution in [1.82, 2.24) is 5.32 Å². The third kappa shape index (κ3) is 6.13. The van der Waals surface area contributed by atoms with E-state index in [9.17, 15) is 13.2 Å². The van der Waals surface area contributed by atoms with Gasteiger partial charge in [0.2, 0.25) is 10.0 Å². The molecule has 0 aromatic heterocycles. The lowest BCUT2D eigenvalue weighted by atomic mass is 10.2. The summed E-state index contributed by atoms with van der Waals surface area (Å²) in [6.45, 7) is 3.50. The molecule has 0 spiro atoms. The third-order valence-corrected chi connectivity index (χ3v) is 4.29. The molecule has 0 aliphatic rings. The summed E-state index contributed by atoms with van der Waals surface area (Å²) in [7, 11) is -3.84. The van der Waals surface area contributed by atoms with E-state index in [0.29, 0.717) is 24.2 Å². The van der Waals surface area contributed by atoms with Gasteiger partial charge in [0, 0.05) is 17.6 Å². The van der Waals surface area contributed by atoms with Gasteiger partial charge in [-0.15, -0.1) is 0 Å². The van der Waals surface area contributed by atoms with Crippen molar-refractivity contribution in [2.45, 2.75) is 24.7 Å². The second kappa shape index (κ2) is 8.47. The molecular weight excluding hydrogens is 360 g/mol. The molecule has 0 fully saturated rings. The van der Waals surface area contributed by atoms with Gasteiger partial charge < -0.3 is 10.1 Å². The van der Waals surface area contributed by atoms with E-state index in [1.165, 1.54) is 18.2 Å². The minimum Gasteiger partial charge on any atom is -0.380 e. The summed E-state index contributed by atoms with van der Waals surface area (Å²) < 4.78 is 28.4. The number of amides is 1. The van der Waals surface area contributed by atoms with Gasteiger partial charge in [0.1, 0.15) is 0 Å². The topological polar surface area (TPSA) is 98.5 Å². The van der Waals surface area contributed by atoms with E-state index in [1.807, 2.05) is 0 Å². The molecule has 0 aliphatic heterocycles. The van der Waals surface area contributed by atoms with Crippen molar-refractivity contribution >= 4 is 31.9 Å². The first kappa shape index (κ1) is 18.1. The molecule has 0 aliphatic carbocycles. The van der Waals surface area contributed by atoms with Crippen molar-refractivity contribution in [3.63, 3.8) is 0 Å².